The molecule has 1 aromatic heterocycles. The number of aromatic nitrogens is 2. The van der Waals surface area contributed by atoms with Crippen molar-refractivity contribution in [2.24, 2.45) is 0 Å². The van der Waals surface area contributed by atoms with Gasteiger partial charge in [0.15, 0.2) is 0 Å². The summed E-state index contributed by atoms with van der Waals surface area (Å²) in [7, 11) is 0. The van der Waals surface area contributed by atoms with Crippen LogP contribution in [0, 0.1) is 0 Å². The molecule has 1 unspecified atom stereocenters. The number of fused-ring (bicyclic) bond motifs is 1. The minimum atomic E-state index is -0.0708. The Morgan fingerprint density at radius 2 is 2.04 bits per heavy atom. The van der Waals surface area contributed by atoms with Crippen molar-refractivity contribution >= 4 is 32.7 Å². The van der Waals surface area contributed by atoms with Crippen molar-refractivity contribution in [1.29, 1.82) is 0 Å². The van der Waals surface area contributed by atoms with E-state index in [-0.39, 0.29) is 17.5 Å². The summed E-state index contributed by atoms with van der Waals surface area (Å²) in [5.74, 6) is -0.0285. The van der Waals surface area contributed by atoms with Crippen molar-refractivity contribution in [3.05, 3.63) is 75.2 Å². The zero-order chi connectivity index (χ0) is 18.5. The maximum Gasteiger partial charge on any atom is 0.261 e. The van der Waals surface area contributed by atoms with Crippen LogP contribution in [-0.2, 0) is 11.3 Å². The van der Waals surface area contributed by atoms with Crippen LogP contribution in [0.4, 0.5) is 0 Å². The Bertz CT molecular complexity index is 984. The number of para-hydroxylation sites is 1. The predicted molar refractivity (Wildman–Crippen MR) is 106 cm³/mol. The topological polar surface area (TPSA) is 64.0 Å². The minimum absolute atomic E-state index is 0.0285. The van der Waals surface area contributed by atoms with Crippen LogP contribution in [0.2, 0.25) is 0 Å². The van der Waals surface area contributed by atoms with E-state index in [9.17, 15) is 9.59 Å². The number of hydrogen-bond donors (Lipinski definition) is 1. The van der Waals surface area contributed by atoms with Crippen LogP contribution in [-0.4, -0.2) is 15.5 Å². The van der Waals surface area contributed by atoms with Gasteiger partial charge in [0.1, 0.15) is 0 Å². The lowest BCUT2D eigenvalue weighted by molar-refractivity contribution is -0.121. The van der Waals surface area contributed by atoms with E-state index in [4.69, 9.17) is 0 Å². The van der Waals surface area contributed by atoms with Gasteiger partial charge in [-0.25, -0.2) is 4.98 Å². The normalized spacial score (nSPS) is 12.1. The van der Waals surface area contributed by atoms with Crippen LogP contribution < -0.4 is 10.9 Å². The standard InChI is InChI=1S/C20H20BrN3O2/c1-14(15-6-4-7-16(21)12-15)23-19(25)10-5-11-24-13-22-18-9-3-2-8-17(18)20(24)26/h2-4,6-9,12-14H,5,10-11H2,1H3,(H,23,25). The van der Waals surface area contributed by atoms with Crippen molar-refractivity contribution in [2.45, 2.75) is 32.4 Å². The van der Waals surface area contributed by atoms with Gasteiger partial charge in [0.2, 0.25) is 5.91 Å². The van der Waals surface area contributed by atoms with Crippen molar-refractivity contribution in [3.63, 3.8) is 0 Å². The summed E-state index contributed by atoms with van der Waals surface area (Å²) in [6, 6.07) is 15.1. The molecule has 0 fully saturated rings. The second kappa shape index (κ2) is 8.27. The van der Waals surface area contributed by atoms with Gasteiger partial charge in [-0.2, -0.15) is 0 Å². The first kappa shape index (κ1) is 18.3. The molecule has 0 radical (unpaired) electrons. The molecule has 0 aliphatic heterocycles. The number of halogens is 1. The molecule has 2 aromatic carbocycles. The molecule has 0 aliphatic carbocycles. The molecule has 0 aliphatic rings. The quantitative estimate of drug-likeness (QED) is 0.667. The summed E-state index contributed by atoms with van der Waals surface area (Å²) in [6.07, 6.45) is 2.49. The molecule has 1 amide bonds. The van der Waals surface area contributed by atoms with Crippen LogP contribution in [0.3, 0.4) is 0 Å². The van der Waals surface area contributed by atoms with Gasteiger partial charge in [0.25, 0.3) is 5.56 Å². The molecule has 0 saturated carbocycles. The number of carbonyl (C=O) groups is 1. The molecule has 1 atom stereocenters. The Hall–Kier alpha value is -2.47. The van der Waals surface area contributed by atoms with Crippen LogP contribution >= 0.6 is 15.9 Å². The lowest BCUT2D eigenvalue weighted by Gasteiger charge is -2.15. The molecule has 1 N–H and O–H groups in total. The van der Waals surface area contributed by atoms with E-state index in [0.29, 0.717) is 30.3 Å². The highest BCUT2D eigenvalue weighted by Gasteiger charge is 2.10. The average molecular weight is 414 g/mol. The minimum Gasteiger partial charge on any atom is -0.350 e. The largest absolute Gasteiger partial charge is 0.350 e. The van der Waals surface area contributed by atoms with Crippen molar-refractivity contribution in [3.8, 4) is 0 Å². The summed E-state index contributed by atoms with van der Waals surface area (Å²) >= 11 is 3.44. The van der Waals surface area contributed by atoms with Crippen molar-refractivity contribution in [2.75, 3.05) is 0 Å². The van der Waals surface area contributed by atoms with Crippen LogP contribution in [0.15, 0.2) is 64.1 Å². The predicted octanol–water partition coefficient (Wildman–Crippen LogP) is 3.82. The molecule has 6 heteroatoms. The van der Waals surface area contributed by atoms with E-state index in [1.807, 2.05) is 49.4 Å². The molecule has 0 spiro atoms. The van der Waals surface area contributed by atoms with Crippen LogP contribution in [0.5, 0.6) is 0 Å². The van der Waals surface area contributed by atoms with E-state index in [1.165, 1.54) is 0 Å². The van der Waals surface area contributed by atoms with E-state index < -0.39 is 0 Å². The van der Waals surface area contributed by atoms with E-state index in [2.05, 4.69) is 26.2 Å². The molecule has 134 valence electrons. The second-order valence-corrected chi connectivity index (χ2v) is 7.12. The first-order valence-electron chi connectivity index (χ1n) is 8.53. The SMILES string of the molecule is CC(NC(=O)CCCn1cnc2ccccc2c1=O)c1cccc(Br)c1. The van der Waals surface area contributed by atoms with Gasteiger partial charge in [0.05, 0.1) is 23.3 Å². The highest BCUT2D eigenvalue weighted by atomic mass is 79.9. The number of benzene rings is 2. The molecule has 0 saturated heterocycles. The fourth-order valence-electron chi connectivity index (χ4n) is 2.85. The van der Waals surface area contributed by atoms with Gasteiger partial charge in [-0.05, 0) is 43.2 Å². The fraction of sp³-hybridized carbons (Fsp3) is 0.250. The van der Waals surface area contributed by atoms with Crippen LogP contribution in [0.25, 0.3) is 10.9 Å². The zero-order valence-electron chi connectivity index (χ0n) is 14.5. The van der Waals surface area contributed by atoms with Crippen LogP contribution in [0.1, 0.15) is 31.4 Å². The summed E-state index contributed by atoms with van der Waals surface area (Å²) in [4.78, 5) is 28.9. The average Bonchev–Trinajstić information content (AvgIpc) is 2.64. The third-order valence-electron chi connectivity index (χ3n) is 4.26. The fourth-order valence-corrected chi connectivity index (χ4v) is 3.27. The number of aryl methyl sites for hydroxylation is 1. The van der Waals surface area contributed by atoms with E-state index >= 15 is 0 Å². The molecule has 5 nitrogen and oxygen atoms in total. The van der Waals surface area contributed by atoms with Gasteiger partial charge in [0, 0.05) is 17.4 Å². The molecule has 3 rings (SSSR count). The van der Waals surface area contributed by atoms with Crippen molar-refractivity contribution < 1.29 is 4.79 Å². The number of carbonyl (C=O) groups excluding carboxylic acids is 1. The third kappa shape index (κ3) is 4.38. The Morgan fingerprint density at radius 3 is 2.85 bits per heavy atom. The summed E-state index contributed by atoms with van der Waals surface area (Å²) in [5, 5.41) is 3.59. The maximum absolute atomic E-state index is 12.4. The number of hydrogen-bond acceptors (Lipinski definition) is 3. The Labute approximate surface area is 160 Å². The molecule has 26 heavy (non-hydrogen) atoms. The Kier molecular flexibility index (Phi) is 5.83. The van der Waals surface area contributed by atoms with Gasteiger partial charge in [-0.1, -0.05) is 40.2 Å². The maximum atomic E-state index is 12.4. The smallest absolute Gasteiger partial charge is 0.261 e. The zero-order valence-corrected chi connectivity index (χ0v) is 16.1. The summed E-state index contributed by atoms with van der Waals surface area (Å²) < 4.78 is 2.55. The third-order valence-corrected chi connectivity index (χ3v) is 4.75. The summed E-state index contributed by atoms with van der Waals surface area (Å²) in [5.41, 5.74) is 1.66. The highest BCUT2D eigenvalue weighted by Crippen LogP contribution is 2.18. The number of nitrogens with one attached hydrogen (secondary N) is 1. The number of nitrogens with zero attached hydrogens (tertiary/aromatic N) is 2. The van der Waals surface area contributed by atoms with Gasteiger partial charge >= 0.3 is 0 Å². The Balaban J connectivity index is 1.55. The molecule has 1 heterocycles. The second-order valence-electron chi connectivity index (χ2n) is 6.21. The monoisotopic (exact) mass is 413 g/mol. The van der Waals surface area contributed by atoms with Gasteiger partial charge < -0.3 is 5.32 Å². The van der Waals surface area contributed by atoms with E-state index in [0.717, 1.165) is 10.0 Å². The first-order chi connectivity index (χ1) is 12.5. The Morgan fingerprint density at radius 1 is 1.23 bits per heavy atom. The molecular weight excluding hydrogens is 394 g/mol. The van der Waals surface area contributed by atoms with Crippen molar-refractivity contribution in [1.82, 2.24) is 14.9 Å². The molecule has 3 aromatic rings. The lowest BCUT2D eigenvalue weighted by atomic mass is 10.1. The highest BCUT2D eigenvalue weighted by molar-refractivity contribution is 9.10. The molecular formula is C20H20BrN3O2. The number of amides is 1. The first-order valence-corrected chi connectivity index (χ1v) is 9.33. The van der Waals surface area contributed by atoms with E-state index in [1.54, 1.807) is 17.0 Å². The van der Waals surface area contributed by atoms with Gasteiger partial charge in [-0.15, -0.1) is 0 Å². The number of rotatable bonds is 6. The molecule has 0 bridgehead atoms. The van der Waals surface area contributed by atoms with Gasteiger partial charge in [-0.3, -0.25) is 14.2 Å². The summed E-state index contributed by atoms with van der Waals surface area (Å²) in [6.45, 7) is 2.42. The lowest BCUT2D eigenvalue weighted by Crippen LogP contribution is -2.27.